The molecule has 1 N–H and O–H groups in total. The van der Waals surface area contributed by atoms with Crippen molar-refractivity contribution >= 4 is 29.0 Å². The normalized spacial score (nSPS) is 29.5. The maximum absolute atomic E-state index is 15.1. The number of phenols is 1. The zero-order valence-corrected chi connectivity index (χ0v) is 25.4. The lowest BCUT2D eigenvalue weighted by atomic mass is 9.44. The van der Waals surface area contributed by atoms with Gasteiger partial charge in [0.1, 0.15) is 0 Å². The van der Waals surface area contributed by atoms with E-state index in [0.717, 1.165) is 5.57 Å². The molecular formula is C38H34FNO5. The van der Waals surface area contributed by atoms with Crippen LogP contribution in [0, 0.1) is 29.5 Å². The number of phenolic OH excluding ortho intramolecular Hbond substituents is 1. The molecule has 0 aromatic heterocycles. The van der Waals surface area contributed by atoms with Gasteiger partial charge in [0.25, 0.3) is 0 Å². The maximum atomic E-state index is 15.1. The van der Waals surface area contributed by atoms with E-state index in [2.05, 4.69) is 0 Å². The monoisotopic (exact) mass is 603 g/mol. The first kappa shape index (κ1) is 29.1. The highest BCUT2D eigenvalue weighted by molar-refractivity contribution is 6.31. The Morgan fingerprint density at radius 1 is 0.867 bits per heavy atom. The van der Waals surface area contributed by atoms with Gasteiger partial charge in [-0.05, 0) is 74.4 Å². The van der Waals surface area contributed by atoms with Gasteiger partial charge in [-0.2, -0.15) is 0 Å². The number of rotatable bonds is 3. The Kier molecular flexibility index (Phi) is 6.59. The van der Waals surface area contributed by atoms with Crippen LogP contribution in [0.15, 0.2) is 96.6 Å². The predicted molar refractivity (Wildman–Crippen MR) is 166 cm³/mol. The molecule has 6 atom stereocenters. The van der Waals surface area contributed by atoms with Crippen molar-refractivity contribution in [3.63, 3.8) is 0 Å². The van der Waals surface area contributed by atoms with Crippen molar-refractivity contribution < 1.29 is 28.7 Å². The van der Waals surface area contributed by atoms with Crippen molar-refractivity contribution in [1.29, 1.82) is 0 Å². The highest BCUT2D eigenvalue weighted by atomic mass is 19.1. The molecule has 0 bridgehead atoms. The molecule has 4 aliphatic rings. The molecule has 2 amide bonds. The summed E-state index contributed by atoms with van der Waals surface area (Å²) in [5.74, 6) is -5.90. The van der Waals surface area contributed by atoms with Gasteiger partial charge in [0, 0.05) is 22.9 Å². The molecule has 0 spiro atoms. The van der Waals surface area contributed by atoms with Gasteiger partial charge in [-0.3, -0.25) is 24.1 Å². The van der Waals surface area contributed by atoms with Gasteiger partial charge < -0.3 is 5.11 Å². The van der Waals surface area contributed by atoms with Gasteiger partial charge in [-0.1, -0.05) is 78.4 Å². The number of halogens is 1. The lowest BCUT2D eigenvalue weighted by molar-refractivity contribution is -0.145. The molecule has 3 aliphatic carbocycles. The van der Waals surface area contributed by atoms with Crippen molar-refractivity contribution in [3.8, 4) is 5.75 Å². The van der Waals surface area contributed by atoms with Crippen LogP contribution in [0.2, 0.25) is 0 Å². The van der Waals surface area contributed by atoms with E-state index in [-0.39, 0.29) is 29.8 Å². The third kappa shape index (κ3) is 4.13. The minimum atomic E-state index is -1.44. The van der Waals surface area contributed by atoms with E-state index in [9.17, 15) is 24.3 Å². The minimum Gasteiger partial charge on any atom is -0.505 e. The second kappa shape index (κ2) is 10.2. The maximum Gasteiger partial charge on any atom is 0.234 e. The molecule has 0 radical (unpaired) electrons. The Morgan fingerprint density at radius 3 is 2.18 bits per heavy atom. The minimum absolute atomic E-state index is 0.185. The second-order valence-corrected chi connectivity index (χ2v) is 13.7. The van der Waals surface area contributed by atoms with Crippen LogP contribution in [-0.2, 0) is 24.6 Å². The van der Waals surface area contributed by atoms with Crippen LogP contribution in [0.3, 0.4) is 0 Å². The summed E-state index contributed by atoms with van der Waals surface area (Å²) in [6.07, 6.45) is 3.87. The fraction of sp³-hybridized carbons (Fsp3) is 0.316. The molecule has 6 unspecified atom stereocenters. The fourth-order valence-electron chi connectivity index (χ4n) is 8.61. The molecule has 7 heteroatoms. The molecular weight excluding hydrogens is 569 g/mol. The molecule has 7 rings (SSSR count). The Morgan fingerprint density at radius 2 is 1.53 bits per heavy atom. The smallest absolute Gasteiger partial charge is 0.234 e. The van der Waals surface area contributed by atoms with Crippen molar-refractivity contribution in [2.75, 3.05) is 0 Å². The average Bonchev–Trinajstić information content (AvgIpc) is 3.29. The van der Waals surface area contributed by atoms with Crippen LogP contribution in [-0.4, -0.2) is 38.9 Å². The zero-order valence-electron chi connectivity index (χ0n) is 25.4. The van der Waals surface area contributed by atoms with E-state index < -0.39 is 52.1 Å². The fourth-order valence-corrected chi connectivity index (χ4v) is 8.61. The van der Waals surface area contributed by atoms with Crippen molar-refractivity contribution in [3.05, 3.63) is 119 Å². The molecule has 1 saturated carbocycles. The number of aromatic hydroxyl groups is 1. The summed E-state index contributed by atoms with van der Waals surface area (Å²) in [6.45, 7) is 5.49. The summed E-state index contributed by atoms with van der Waals surface area (Å²) < 4.78 is 15.1. The van der Waals surface area contributed by atoms with Gasteiger partial charge in [0.15, 0.2) is 23.1 Å². The number of likely N-dealkylation sites (tertiary alicyclic amines) is 1. The van der Waals surface area contributed by atoms with Gasteiger partial charge in [0.2, 0.25) is 11.8 Å². The van der Waals surface area contributed by atoms with Crippen LogP contribution in [0.5, 0.6) is 5.75 Å². The van der Waals surface area contributed by atoms with Crippen LogP contribution in [0.25, 0.3) is 5.57 Å². The zero-order chi connectivity index (χ0) is 31.8. The van der Waals surface area contributed by atoms with Crippen LogP contribution < -0.4 is 0 Å². The SMILES string of the molecule is CC(C)(C)N1C(=O)C2CC=C3C(CC4C(=O)C(c5ccccc5)=CC(=O)C4(c4ccccc4)C3c3ccc(O)c(F)c3)C2C1=O. The molecule has 3 aromatic rings. The molecule has 6 nitrogen and oxygen atoms in total. The number of carbonyl (C=O) groups excluding carboxylic acids is 4. The number of hydrogen-bond donors (Lipinski definition) is 1. The third-order valence-corrected chi connectivity index (χ3v) is 10.4. The summed E-state index contributed by atoms with van der Waals surface area (Å²) in [7, 11) is 0. The number of amides is 2. The first-order valence-electron chi connectivity index (χ1n) is 15.4. The van der Waals surface area contributed by atoms with Crippen LogP contribution >= 0.6 is 0 Å². The summed E-state index contributed by atoms with van der Waals surface area (Å²) in [5.41, 5.74) is 0.572. The Balaban J connectivity index is 1.51. The van der Waals surface area contributed by atoms with E-state index >= 15 is 4.39 Å². The lowest BCUT2D eigenvalue weighted by Crippen LogP contribution is -2.59. The van der Waals surface area contributed by atoms with Gasteiger partial charge in [0.05, 0.1) is 17.3 Å². The molecule has 1 saturated heterocycles. The number of ketones is 2. The highest BCUT2D eigenvalue weighted by Crippen LogP contribution is 2.64. The number of allylic oxidation sites excluding steroid dienone is 4. The summed E-state index contributed by atoms with van der Waals surface area (Å²) >= 11 is 0. The van der Waals surface area contributed by atoms with Crippen LogP contribution in [0.1, 0.15) is 56.2 Å². The molecule has 3 aromatic carbocycles. The Hall–Kier alpha value is -4.65. The van der Waals surface area contributed by atoms with Gasteiger partial charge >= 0.3 is 0 Å². The van der Waals surface area contributed by atoms with Gasteiger partial charge in [-0.15, -0.1) is 0 Å². The third-order valence-electron chi connectivity index (χ3n) is 10.4. The largest absolute Gasteiger partial charge is 0.505 e. The predicted octanol–water partition coefficient (Wildman–Crippen LogP) is 6.15. The van der Waals surface area contributed by atoms with E-state index in [4.69, 9.17) is 0 Å². The summed E-state index contributed by atoms with van der Waals surface area (Å²) in [5, 5.41) is 10.1. The van der Waals surface area contributed by atoms with E-state index in [0.29, 0.717) is 28.7 Å². The van der Waals surface area contributed by atoms with Crippen molar-refractivity contribution in [2.24, 2.45) is 23.7 Å². The number of hydrogen-bond acceptors (Lipinski definition) is 5. The molecule has 2 fully saturated rings. The quantitative estimate of drug-likeness (QED) is 0.286. The topological polar surface area (TPSA) is 91.8 Å². The lowest BCUT2D eigenvalue weighted by Gasteiger charge is -2.55. The average molecular weight is 604 g/mol. The van der Waals surface area contributed by atoms with E-state index in [1.165, 1.54) is 23.1 Å². The number of benzene rings is 3. The number of carbonyl (C=O) groups is 4. The summed E-state index contributed by atoms with van der Waals surface area (Å²) in [4.78, 5) is 58.9. The summed E-state index contributed by atoms with van der Waals surface area (Å²) in [6, 6.07) is 22.3. The number of nitrogens with zero attached hydrogens (tertiary/aromatic N) is 1. The standard InChI is InChI=1S/C38H34FNO5/c1-37(2,3)40-35(44)25-16-15-24-27(32(25)36(40)45)19-28-34(43)26(21-10-6-4-7-11-21)20-31(42)38(28,23-12-8-5-9-13-23)33(24)22-14-17-30(41)29(39)18-22/h4-15,17-18,20,25,27-28,32-33,41H,16,19H2,1-3H3. The van der Waals surface area contributed by atoms with Crippen molar-refractivity contribution in [1.82, 2.24) is 4.90 Å². The number of fused-ring (bicyclic) bond motifs is 4. The van der Waals surface area contributed by atoms with E-state index in [1.54, 1.807) is 18.2 Å². The second-order valence-electron chi connectivity index (χ2n) is 13.7. The highest BCUT2D eigenvalue weighted by Gasteiger charge is 2.66. The molecule has 228 valence electrons. The molecule has 1 heterocycles. The number of Topliss-reactive ketones (excluding diaryl/α,β-unsaturated/α-hetero) is 1. The van der Waals surface area contributed by atoms with Gasteiger partial charge in [-0.25, -0.2) is 4.39 Å². The number of imide groups is 1. The van der Waals surface area contributed by atoms with Crippen LogP contribution in [0.4, 0.5) is 4.39 Å². The molecule has 45 heavy (non-hydrogen) atoms. The molecule has 1 aliphatic heterocycles. The first-order valence-corrected chi connectivity index (χ1v) is 15.4. The Bertz CT molecular complexity index is 1820. The van der Waals surface area contributed by atoms with E-state index in [1.807, 2.05) is 75.4 Å². The first-order chi connectivity index (χ1) is 21.5. The Labute approximate surface area is 261 Å². The van der Waals surface area contributed by atoms with Crippen molar-refractivity contribution in [2.45, 2.75) is 50.5 Å².